The van der Waals surface area contributed by atoms with E-state index in [-0.39, 0.29) is 25.1 Å². The minimum Gasteiger partial charge on any atom is -0.395 e. The van der Waals surface area contributed by atoms with E-state index in [0.717, 1.165) is 18.6 Å². The van der Waals surface area contributed by atoms with Crippen LogP contribution in [0.25, 0.3) is 11.7 Å². The first-order valence-corrected chi connectivity index (χ1v) is 9.69. The van der Waals surface area contributed by atoms with Gasteiger partial charge in [-0.2, -0.15) is 5.10 Å². The molecule has 0 aliphatic carbocycles. The lowest BCUT2D eigenvalue weighted by atomic mass is 10.0. The summed E-state index contributed by atoms with van der Waals surface area (Å²) in [6.45, 7) is 0.712. The molecule has 0 bridgehead atoms. The van der Waals surface area contributed by atoms with Crippen LogP contribution in [0.15, 0.2) is 42.7 Å². The van der Waals surface area contributed by atoms with Crippen LogP contribution in [0.3, 0.4) is 0 Å². The molecule has 1 saturated heterocycles. The lowest BCUT2D eigenvalue weighted by Crippen LogP contribution is -2.24. The normalized spacial score (nSPS) is 16.6. The van der Waals surface area contributed by atoms with Gasteiger partial charge in [-0.15, -0.1) is 0 Å². The van der Waals surface area contributed by atoms with Gasteiger partial charge in [-0.05, 0) is 43.2 Å². The molecule has 1 atom stereocenters. The monoisotopic (exact) mass is 413 g/mol. The number of anilines is 1. The van der Waals surface area contributed by atoms with Crippen LogP contribution >= 0.6 is 0 Å². The van der Waals surface area contributed by atoms with Gasteiger partial charge >= 0.3 is 0 Å². The number of benzene rings is 1. The third-order valence-corrected chi connectivity index (χ3v) is 5.07. The minimum absolute atomic E-state index is 0.135. The van der Waals surface area contributed by atoms with Gasteiger partial charge in [0.25, 0.3) is 0 Å². The molecule has 1 unspecified atom stereocenters. The summed E-state index contributed by atoms with van der Waals surface area (Å²) in [7, 11) is 0. The standard InChI is InChI=1S/C21H21F2N5O2/c22-15-4-5-17(23)16(12-15)18-2-1-9-27(18)19-7-10-28-21(26-19)14(13-25-28)3-6-20(30)24-8-11-29/h3-7,10,12-13,18,29H,1-2,8-9,11H2,(H,24,30). The fraction of sp³-hybridized carbons (Fsp3) is 0.286. The van der Waals surface area contributed by atoms with Gasteiger partial charge in [-0.1, -0.05) is 0 Å². The molecule has 2 N–H and O–H groups in total. The van der Waals surface area contributed by atoms with E-state index in [0.29, 0.717) is 35.6 Å². The van der Waals surface area contributed by atoms with Crippen molar-refractivity contribution >= 4 is 23.4 Å². The predicted molar refractivity (Wildman–Crippen MR) is 108 cm³/mol. The van der Waals surface area contributed by atoms with E-state index < -0.39 is 11.6 Å². The maximum atomic E-state index is 14.4. The molecule has 4 rings (SSSR count). The number of aliphatic hydroxyl groups excluding tert-OH is 1. The number of amides is 1. The zero-order valence-electron chi connectivity index (χ0n) is 16.1. The van der Waals surface area contributed by atoms with Crippen LogP contribution in [0.2, 0.25) is 0 Å². The van der Waals surface area contributed by atoms with E-state index in [2.05, 4.69) is 15.4 Å². The largest absolute Gasteiger partial charge is 0.395 e. The highest BCUT2D eigenvalue weighted by atomic mass is 19.1. The van der Waals surface area contributed by atoms with Crippen molar-refractivity contribution in [1.29, 1.82) is 0 Å². The number of halogens is 2. The Balaban J connectivity index is 1.63. The number of carbonyl (C=O) groups excluding carboxylic acids is 1. The number of carbonyl (C=O) groups is 1. The van der Waals surface area contributed by atoms with E-state index in [1.54, 1.807) is 29.1 Å². The fourth-order valence-corrected chi connectivity index (χ4v) is 3.69. The van der Waals surface area contributed by atoms with Gasteiger partial charge in [0.2, 0.25) is 5.91 Å². The van der Waals surface area contributed by atoms with Crippen LogP contribution in [-0.4, -0.2) is 45.3 Å². The summed E-state index contributed by atoms with van der Waals surface area (Å²) in [6, 6.07) is 5.00. The second-order valence-corrected chi connectivity index (χ2v) is 7.02. The molecule has 0 spiro atoms. The molecule has 7 nitrogen and oxygen atoms in total. The first-order chi connectivity index (χ1) is 14.6. The molecule has 156 valence electrons. The summed E-state index contributed by atoms with van der Waals surface area (Å²) in [5, 5.41) is 15.5. The van der Waals surface area contributed by atoms with Crippen molar-refractivity contribution in [2.45, 2.75) is 18.9 Å². The molecular formula is C21H21F2N5O2. The summed E-state index contributed by atoms with van der Waals surface area (Å²) in [6.07, 6.45) is 7.82. The maximum absolute atomic E-state index is 14.4. The van der Waals surface area contributed by atoms with Crippen molar-refractivity contribution in [2.75, 3.05) is 24.6 Å². The van der Waals surface area contributed by atoms with Crippen LogP contribution in [0.5, 0.6) is 0 Å². The second-order valence-electron chi connectivity index (χ2n) is 7.02. The molecule has 1 fully saturated rings. The fourth-order valence-electron chi connectivity index (χ4n) is 3.69. The molecule has 3 heterocycles. The molecule has 1 aliphatic rings. The first kappa shape index (κ1) is 20.0. The first-order valence-electron chi connectivity index (χ1n) is 9.69. The van der Waals surface area contributed by atoms with Crippen molar-refractivity contribution in [3.8, 4) is 0 Å². The number of rotatable bonds is 6. The third-order valence-electron chi connectivity index (χ3n) is 5.07. The van der Waals surface area contributed by atoms with Crippen molar-refractivity contribution in [2.24, 2.45) is 0 Å². The van der Waals surface area contributed by atoms with Crippen LogP contribution < -0.4 is 10.2 Å². The number of fused-ring (bicyclic) bond motifs is 1. The predicted octanol–water partition coefficient (Wildman–Crippen LogP) is 2.47. The number of hydrogen-bond donors (Lipinski definition) is 2. The van der Waals surface area contributed by atoms with Gasteiger partial charge in [-0.3, -0.25) is 4.79 Å². The van der Waals surface area contributed by atoms with E-state index in [4.69, 9.17) is 5.11 Å². The highest BCUT2D eigenvalue weighted by Crippen LogP contribution is 2.36. The molecular weight excluding hydrogens is 392 g/mol. The van der Waals surface area contributed by atoms with Crippen LogP contribution in [-0.2, 0) is 4.79 Å². The molecule has 9 heteroatoms. The van der Waals surface area contributed by atoms with Crippen molar-refractivity contribution in [3.63, 3.8) is 0 Å². The zero-order valence-corrected chi connectivity index (χ0v) is 16.1. The Hall–Kier alpha value is -3.33. The third kappa shape index (κ3) is 4.02. The average Bonchev–Trinajstić information content (AvgIpc) is 3.39. The number of aromatic nitrogens is 3. The Kier molecular flexibility index (Phi) is 5.71. The maximum Gasteiger partial charge on any atom is 0.244 e. The molecule has 30 heavy (non-hydrogen) atoms. The topological polar surface area (TPSA) is 82.8 Å². The second kappa shape index (κ2) is 8.58. The van der Waals surface area contributed by atoms with Gasteiger partial charge in [0.15, 0.2) is 5.65 Å². The molecule has 1 aliphatic heterocycles. The highest BCUT2D eigenvalue weighted by Gasteiger charge is 2.29. The SMILES string of the molecule is O=C(C=Cc1cnn2ccc(N3CCCC3c3cc(F)ccc3F)nc12)NCCO. The molecule has 0 radical (unpaired) electrons. The Labute approximate surface area is 171 Å². The molecule has 3 aromatic rings. The Morgan fingerprint density at radius 3 is 3.03 bits per heavy atom. The highest BCUT2D eigenvalue weighted by molar-refractivity contribution is 5.92. The van der Waals surface area contributed by atoms with Crippen LogP contribution in [0.4, 0.5) is 14.6 Å². The van der Waals surface area contributed by atoms with E-state index in [9.17, 15) is 13.6 Å². The van der Waals surface area contributed by atoms with Crippen molar-refractivity contribution in [1.82, 2.24) is 19.9 Å². The van der Waals surface area contributed by atoms with Crippen LogP contribution in [0.1, 0.15) is 30.0 Å². The van der Waals surface area contributed by atoms with E-state index in [1.807, 2.05) is 4.90 Å². The Morgan fingerprint density at radius 2 is 2.20 bits per heavy atom. The summed E-state index contributed by atoms with van der Waals surface area (Å²) < 4.78 is 29.6. The number of nitrogens with one attached hydrogen (secondary N) is 1. The zero-order chi connectivity index (χ0) is 21.1. The number of aliphatic hydroxyl groups is 1. The van der Waals surface area contributed by atoms with Gasteiger partial charge < -0.3 is 15.3 Å². The quantitative estimate of drug-likeness (QED) is 0.607. The minimum atomic E-state index is -0.468. The van der Waals surface area contributed by atoms with Gasteiger partial charge in [-0.25, -0.2) is 18.3 Å². The van der Waals surface area contributed by atoms with Crippen molar-refractivity contribution < 1.29 is 18.7 Å². The van der Waals surface area contributed by atoms with Crippen LogP contribution in [0, 0.1) is 11.6 Å². The number of hydrogen-bond acceptors (Lipinski definition) is 5. The molecule has 0 saturated carbocycles. The molecule has 2 aromatic heterocycles. The van der Waals surface area contributed by atoms with Crippen molar-refractivity contribution in [3.05, 3.63) is 65.5 Å². The molecule has 1 aromatic carbocycles. The Morgan fingerprint density at radius 1 is 1.33 bits per heavy atom. The van der Waals surface area contributed by atoms with E-state index in [1.165, 1.54) is 12.1 Å². The van der Waals surface area contributed by atoms with Gasteiger partial charge in [0.05, 0.1) is 18.8 Å². The van der Waals surface area contributed by atoms with E-state index >= 15 is 0 Å². The Bertz CT molecular complexity index is 1100. The molecule has 1 amide bonds. The number of nitrogens with zero attached hydrogens (tertiary/aromatic N) is 4. The smallest absolute Gasteiger partial charge is 0.244 e. The van der Waals surface area contributed by atoms with Gasteiger partial charge in [0, 0.05) is 36.5 Å². The lowest BCUT2D eigenvalue weighted by Gasteiger charge is -2.26. The van der Waals surface area contributed by atoms with Gasteiger partial charge in [0.1, 0.15) is 17.5 Å². The average molecular weight is 413 g/mol. The summed E-state index contributed by atoms with van der Waals surface area (Å²) in [5.74, 6) is -0.602. The summed E-state index contributed by atoms with van der Waals surface area (Å²) >= 11 is 0. The summed E-state index contributed by atoms with van der Waals surface area (Å²) in [5.41, 5.74) is 1.51. The lowest BCUT2D eigenvalue weighted by molar-refractivity contribution is -0.116. The summed E-state index contributed by atoms with van der Waals surface area (Å²) in [4.78, 5) is 18.4.